The molecule has 3 aromatic rings. The number of fused-ring (bicyclic) bond motifs is 1. The van der Waals surface area contributed by atoms with E-state index in [9.17, 15) is 0 Å². The van der Waals surface area contributed by atoms with Crippen LogP contribution in [0.1, 0.15) is 11.3 Å². The van der Waals surface area contributed by atoms with Gasteiger partial charge in [0, 0.05) is 6.54 Å². The van der Waals surface area contributed by atoms with Crippen molar-refractivity contribution < 1.29 is 0 Å². The Morgan fingerprint density at radius 1 is 1.11 bits per heavy atom. The maximum Gasteiger partial charge on any atom is 0.181 e. The van der Waals surface area contributed by atoms with E-state index < -0.39 is 0 Å². The van der Waals surface area contributed by atoms with Gasteiger partial charge in [0.2, 0.25) is 0 Å². The molecule has 0 saturated carbocycles. The smallest absolute Gasteiger partial charge is 0.181 e. The van der Waals surface area contributed by atoms with E-state index in [1.165, 1.54) is 11.9 Å². The fraction of sp³-hybridized carbons (Fsp3) is 0.0714. The van der Waals surface area contributed by atoms with Crippen LogP contribution in [0.25, 0.3) is 17.2 Å². The van der Waals surface area contributed by atoms with Crippen LogP contribution in [0.3, 0.4) is 0 Å². The Bertz CT molecular complexity index is 687. The molecule has 0 atom stereocenters. The molecule has 2 N–H and O–H groups in total. The molecule has 2 aromatic heterocycles. The summed E-state index contributed by atoms with van der Waals surface area (Å²) in [4.78, 5) is 15.4. The molecule has 94 valence electrons. The molecule has 0 saturated heterocycles. The molecule has 0 fully saturated rings. The van der Waals surface area contributed by atoms with Gasteiger partial charge in [0.1, 0.15) is 11.8 Å². The van der Waals surface area contributed by atoms with E-state index in [2.05, 4.69) is 37.4 Å². The van der Waals surface area contributed by atoms with Gasteiger partial charge < -0.3 is 10.3 Å². The molecule has 5 nitrogen and oxygen atoms in total. The molecule has 0 amide bonds. The Balaban J connectivity index is 1.68. The predicted molar refractivity (Wildman–Crippen MR) is 74.0 cm³/mol. The van der Waals surface area contributed by atoms with E-state index in [0.717, 1.165) is 17.8 Å². The number of benzene rings is 1. The SMILES string of the molecule is C(=Cc1ncnc2nc[nH]c12)NCc1ccccc1. The molecule has 3 rings (SSSR count). The van der Waals surface area contributed by atoms with Crippen LogP contribution in [0.5, 0.6) is 0 Å². The lowest BCUT2D eigenvalue weighted by molar-refractivity contribution is 0.873. The average molecular weight is 251 g/mol. The van der Waals surface area contributed by atoms with Crippen molar-refractivity contribution in [1.29, 1.82) is 0 Å². The Morgan fingerprint density at radius 2 is 2.00 bits per heavy atom. The van der Waals surface area contributed by atoms with Crippen LogP contribution in [-0.4, -0.2) is 19.9 Å². The topological polar surface area (TPSA) is 66.5 Å². The maximum atomic E-state index is 4.21. The number of H-pyrrole nitrogens is 1. The third-order valence-corrected chi connectivity index (χ3v) is 2.76. The van der Waals surface area contributed by atoms with Crippen LogP contribution >= 0.6 is 0 Å². The highest BCUT2D eigenvalue weighted by atomic mass is 15.0. The first-order valence-electron chi connectivity index (χ1n) is 6.01. The fourth-order valence-corrected chi connectivity index (χ4v) is 1.82. The standard InChI is InChI=1S/C14H13N5/c1-2-4-11(5-3-1)8-15-7-6-12-13-14(18-9-16-12)19-10-17-13/h1-7,9-10,15H,8H2,(H,16,17,18,19). The second kappa shape index (κ2) is 5.30. The minimum Gasteiger partial charge on any atom is -0.387 e. The number of aromatic nitrogens is 4. The third-order valence-electron chi connectivity index (χ3n) is 2.76. The number of imidazole rings is 1. The second-order valence-corrected chi connectivity index (χ2v) is 4.06. The molecule has 0 spiro atoms. The van der Waals surface area contributed by atoms with Gasteiger partial charge in [-0.2, -0.15) is 0 Å². The van der Waals surface area contributed by atoms with Gasteiger partial charge in [-0.1, -0.05) is 30.3 Å². The van der Waals surface area contributed by atoms with Gasteiger partial charge in [0.15, 0.2) is 5.65 Å². The van der Waals surface area contributed by atoms with E-state index >= 15 is 0 Å². The number of aromatic amines is 1. The van der Waals surface area contributed by atoms with Crippen molar-refractivity contribution in [2.45, 2.75) is 6.54 Å². The summed E-state index contributed by atoms with van der Waals surface area (Å²) in [5.41, 5.74) is 3.59. The van der Waals surface area contributed by atoms with Crippen molar-refractivity contribution in [3.8, 4) is 0 Å². The van der Waals surface area contributed by atoms with E-state index in [-0.39, 0.29) is 0 Å². The van der Waals surface area contributed by atoms with Gasteiger partial charge >= 0.3 is 0 Å². The van der Waals surface area contributed by atoms with Gasteiger partial charge in [-0.15, -0.1) is 0 Å². The number of nitrogens with zero attached hydrogens (tertiary/aromatic N) is 3. The molecule has 0 aliphatic heterocycles. The number of hydrogen-bond acceptors (Lipinski definition) is 4. The van der Waals surface area contributed by atoms with Crippen molar-refractivity contribution >= 4 is 17.2 Å². The van der Waals surface area contributed by atoms with Gasteiger partial charge in [-0.25, -0.2) is 15.0 Å². The molecule has 2 heterocycles. The maximum absolute atomic E-state index is 4.21. The van der Waals surface area contributed by atoms with Gasteiger partial charge in [-0.3, -0.25) is 0 Å². The molecule has 19 heavy (non-hydrogen) atoms. The minimum atomic E-state index is 0.678. The van der Waals surface area contributed by atoms with Crippen molar-refractivity contribution in [1.82, 2.24) is 25.3 Å². The summed E-state index contributed by atoms with van der Waals surface area (Å²) >= 11 is 0. The van der Waals surface area contributed by atoms with Crippen molar-refractivity contribution in [3.05, 3.63) is 60.4 Å². The zero-order valence-electron chi connectivity index (χ0n) is 10.2. The summed E-state index contributed by atoms with van der Waals surface area (Å²) in [6, 6.07) is 10.2. The zero-order valence-corrected chi connectivity index (χ0v) is 10.2. The first-order chi connectivity index (χ1) is 9.43. The van der Waals surface area contributed by atoms with Crippen molar-refractivity contribution in [2.75, 3.05) is 0 Å². The summed E-state index contributed by atoms with van der Waals surface area (Å²) in [5, 5.41) is 3.23. The second-order valence-electron chi connectivity index (χ2n) is 4.06. The fourth-order valence-electron chi connectivity index (χ4n) is 1.82. The molecule has 0 aliphatic rings. The third kappa shape index (κ3) is 2.60. The zero-order chi connectivity index (χ0) is 12.9. The van der Waals surface area contributed by atoms with E-state index in [0.29, 0.717) is 5.65 Å². The van der Waals surface area contributed by atoms with E-state index in [1.807, 2.05) is 30.5 Å². The largest absolute Gasteiger partial charge is 0.387 e. The Labute approximate surface area is 110 Å². The number of nitrogens with one attached hydrogen (secondary N) is 2. The minimum absolute atomic E-state index is 0.678. The summed E-state index contributed by atoms with van der Waals surface area (Å²) in [7, 11) is 0. The summed E-state index contributed by atoms with van der Waals surface area (Å²) in [5.74, 6) is 0. The molecular weight excluding hydrogens is 238 g/mol. The molecule has 5 heteroatoms. The van der Waals surface area contributed by atoms with Gasteiger partial charge in [0.25, 0.3) is 0 Å². The van der Waals surface area contributed by atoms with Crippen LogP contribution in [0, 0.1) is 0 Å². The molecule has 1 aromatic carbocycles. The Morgan fingerprint density at radius 3 is 2.89 bits per heavy atom. The normalized spacial score (nSPS) is 11.2. The molecule has 0 radical (unpaired) electrons. The quantitative estimate of drug-likeness (QED) is 0.745. The Hall–Kier alpha value is -2.69. The molecule has 0 unspecified atom stereocenters. The lowest BCUT2D eigenvalue weighted by Crippen LogP contribution is -2.03. The lowest BCUT2D eigenvalue weighted by Gasteiger charge is -2.00. The number of rotatable bonds is 4. The highest BCUT2D eigenvalue weighted by Crippen LogP contribution is 2.10. The highest BCUT2D eigenvalue weighted by Gasteiger charge is 2.01. The monoisotopic (exact) mass is 251 g/mol. The molecule has 0 bridgehead atoms. The predicted octanol–water partition coefficient (Wildman–Crippen LogP) is 2.11. The van der Waals surface area contributed by atoms with Crippen molar-refractivity contribution in [3.63, 3.8) is 0 Å². The summed E-state index contributed by atoms with van der Waals surface area (Å²) in [6.07, 6.45) is 6.93. The van der Waals surface area contributed by atoms with Crippen LogP contribution in [0.2, 0.25) is 0 Å². The van der Waals surface area contributed by atoms with Crippen LogP contribution in [0.4, 0.5) is 0 Å². The lowest BCUT2D eigenvalue weighted by atomic mass is 10.2. The van der Waals surface area contributed by atoms with Gasteiger partial charge in [0.05, 0.1) is 12.0 Å². The van der Waals surface area contributed by atoms with E-state index in [4.69, 9.17) is 0 Å². The Kier molecular flexibility index (Phi) is 3.18. The van der Waals surface area contributed by atoms with E-state index in [1.54, 1.807) is 6.33 Å². The first-order valence-corrected chi connectivity index (χ1v) is 6.01. The molecule has 0 aliphatic carbocycles. The van der Waals surface area contributed by atoms with Crippen LogP contribution in [0.15, 0.2) is 49.2 Å². The summed E-state index contributed by atoms with van der Waals surface area (Å²) < 4.78 is 0. The van der Waals surface area contributed by atoms with Crippen molar-refractivity contribution in [2.24, 2.45) is 0 Å². The molecular formula is C14H13N5. The van der Waals surface area contributed by atoms with Gasteiger partial charge in [-0.05, 0) is 17.8 Å². The van der Waals surface area contributed by atoms with Crippen LogP contribution < -0.4 is 5.32 Å². The average Bonchev–Trinajstić information content (AvgIpc) is 2.94. The number of hydrogen-bond donors (Lipinski definition) is 2. The first kappa shape index (κ1) is 11.4. The highest BCUT2D eigenvalue weighted by molar-refractivity contribution is 5.78. The summed E-state index contributed by atoms with van der Waals surface area (Å²) in [6.45, 7) is 0.786. The van der Waals surface area contributed by atoms with Crippen LogP contribution in [-0.2, 0) is 6.54 Å².